The largest absolute Gasteiger partial charge is 0.339 e. The van der Waals surface area contributed by atoms with Gasteiger partial charge in [-0.1, -0.05) is 41.9 Å². The lowest BCUT2D eigenvalue weighted by Gasteiger charge is -2.23. The van der Waals surface area contributed by atoms with Gasteiger partial charge in [0, 0.05) is 23.8 Å². The van der Waals surface area contributed by atoms with Crippen LogP contribution in [0.1, 0.15) is 19.4 Å². The van der Waals surface area contributed by atoms with Crippen LogP contribution in [0.15, 0.2) is 60.3 Å². The molecule has 0 atom stereocenters. The summed E-state index contributed by atoms with van der Waals surface area (Å²) in [6.45, 7) is 3.67. The Morgan fingerprint density at radius 1 is 0.920 bits per heavy atom. The van der Waals surface area contributed by atoms with E-state index in [1.807, 2.05) is 44.2 Å². The maximum atomic E-state index is 13.0. The number of likely N-dealkylation sites (N-methyl/N-ethyl adjacent to an activating group) is 1. The van der Waals surface area contributed by atoms with Crippen molar-refractivity contribution in [3.05, 3.63) is 70.9 Å². The van der Waals surface area contributed by atoms with Crippen LogP contribution in [-0.4, -0.2) is 29.8 Å². The molecule has 5 heteroatoms. The minimum Gasteiger partial charge on any atom is -0.339 e. The van der Waals surface area contributed by atoms with Crippen molar-refractivity contribution in [1.29, 1.82) is 0 Å². The Morgan fingerprint density at radius 3 is 2.08 bits per heavy atom. The van der Waals surface area contributed by atoms with Crippen molar-refractivity contribution in [3.63, 3.8) is 0 Å². The monoisotopic (exact) mass is 354 g/mol. The predicted octanol–water partition coefficient (Wildman–Crippen LogP) is 3.96. The van der Waals surface area contributed by atoms with Crippen LogP contribution < -0.4 is 4.90 Å². The Morgan fingerprint density at radius 2 is 1.52 bits per heavy atom. The summed E-state index contributed by atoms with van der Waals surface area (Å²) in [7, 11) is 1.80. The number of benzene rings is 2. The van der Waals surface area contributed by atoms with E-state index >= 15 is 0 Å². The van der Waals surface area contributed by atoms with Gasteiger partial charge in [-0.2, -0.15) is 0 Å². The zero-order valence-corrected chi connectivity index (χ0v) is 15.1. The molecule has 0 saturated carbocycles. The molecule has 0 N–H and O–H groups in total. The second kappa shape index (κ2) is 6.73. The maximum Gasteiger partial charge on any atom is 0.278 e. The van der Waals surface area contributed by atoms with Crippen LogP contribution >= 0.6 is 11.6 Å². The lowest BCUT2D eigenvalue weighted by atomic mass is 10.0. The third-order valence-electron chi connectivity index (χ3n) is 4.22. The van der Waals surface area contributed by atoms with E-state index in [1.165, 1.54) is 4.90 Å². The summed E-state index contributed by atoms with van der Waals surface area (Å²) in [4.78, 5) is 29.1. The molecule has 0 spiro atoms. The van der Waals surface area contributed by atoms with Crippen LogP contribution in [0.4, 0.5) is 5.69 Å². The highest BCUT2D eigenvalue weighted by molar-refractivity contribution is 6.37. The number of nitrogens with zero attached hydrogens (tertiary/aromatic N) is 2. The number of amides is 2. The highest BCUT2D eigenvalue weighted by Crippen LogP contribution is 2.34. The van der Waals surface area contributed by atoms with Gasteiger partial charge in [-0.25, -0.2) is 0 Å². The Labute approximate surface area is 152 Å². The van der Waals surface area contributed by atoms with E-state index in [0.717, 1.165) is 5.69 Å². The molecule has 0 unspecified atom stereocenters. The van der Waals surface area contributed by atoms with Crippen molar-refractivity contribution in [2.24, 2.45) is 0 Å². The van der Waals surface area contributed by atoms with Crippen LogP contribution in [-0.2, 0) is 9.59 Å². The molecule has 2 aromatic carbocycles. The number of hydrogen-bond acceptors (Lipinski definition) is 3. The first-order valence-corrected chi connectivity index (χ1v) is 8.46. The third kappa shape index (κ3) is 3.05. The molecule has 25 heavy (non-hydrogen) atoms. The van der Waals surface area contributed by atoms with Crippen LogP contribution in [0.25, 0.3) is 5.57 Å². The fourth-order valence-electron chi connectivity index (χ4n) is 2.97. The van der Waals surface area contributed by atoms with Crippen molar-refractivity contribution >= 4 is 34.7 Å². The van der Waals surface area contributed by atoms with Crippen molar-refractivity contribution in [1.82, 2.24) is 4.90 Å². The first-order chi connectivity index (χ1) is 11.9. The molecule has 4 nitrogen and oxygen atoms in total. The van der Waals surface area contributed by atoms with E-state index in [4.69, 9.17) is 11.6 Å². The lowest BCUT2D eigenvalue weighted by Crippen LogP contribution is -2.39. The molecule has 0 radical (unpaired) electrons. The maximum absolute atomic E-state index is 13.0. The zero-order valence-electron chi connectivity index (χ0n) is 14.4. The van der Waals surface area contributed by atoms with E-state index in [1.54, 1.807) is 36.2 Å². The summed E-state index contributed by atoms with van der Waals surface area (Å²) in [6, 6.07) is 16.3. The average molecular weight is 355 g/mol. The third-order valence-corrected chi connectivity index (χ3v) is 4.47. The first-order valence-electron chi connectivity index (χ1n) is 8.08. The minimum absolute atomic E-state index is 0.219. The Balaban J connectivity index is 2.17. The normalized spacial score (nSPS) is 14.7. The Kier molecular flexibility index (Phi) is 4.64. The van der Waals surface area contributed by atoms with Gasteiger partial charge in [-0.15, -0.1) is 0 Å². The highest BCUT2D eigenvalue weighted by Gasteiger charge is 2.42. The molecular formula is C20H19ClN2O2. The fourth-order valence-corrected chi connectivity index (χ4v) is 3.10. The Bertz CT molecular complexity index is 842. The number of rotatable bonds is 4. The number of imide groups is 1. The molecule has 1 aliphatic heterocycles. The average Bonchev–Trinajstić information content (AvgIpc) is 2.86. The topological polar surface area (TPSA) is 40.6 Å². The van der Waals surface area contributed by atoms with Gasteiger partial charge in [0.15, 0.2) is 0 Å². The van der Waals surface area contributed by atoms with E-state index in [2.05, 4.69) is 0 Å². The lowest BCUT2D eigenvalue weighted by molar-refractivity contribution is -0.138. The van der Waals surface area contributed by atoms with Gasteiger partial charge < -0.3 is 4.90 Å². The number of anilines is 1. The second-order valence-electron chi connectivity index (χ2n) is 6.20. The molecule has 0 fully saturated rings. The fraction of sp³-hybridized carbons (Fsp3) is 0.200. The molecule has 3 rings (SSSR count). The van der Waals surface area contributed by atoms with Gasteiger partial charge in [0.25, 0.3) is 11.8 Å². The van der Waals surface area contributed by atoms with Crippen molar-refractivity contribution < 1.29 is 9.59 Å². The quantitative estimate of drug-likeness (QED) is 0.780. The molecule has 2 aromatic rings. The summed E-state index contributed by atoms with van der Waals surface area (Å²) in [6.07, 6.45) is 0. The molecule has 0 bridgehead atoms. The molecule has 1 heterocycles. The molecule has 0 aliphatic carbocycles. The van der Waals surface area contributed by atoms with Gasteiger partial charge >= 0.3 is 0 Å². The molecule has 2 amide bonds. The molecule has 128 valence electrons. The molecule has 0 saturated heterocycles. The second-order valence-corrected chi connectivity index (χ2v) is 6.64. The minimum atomic E-state index is -0.281. The molecule has 0 aromatic heterocycles. The van der Waals surface area contributed by atoms with E-state index in [0.29, 0.717) is 21.9 Å². The van der Waals surface area contributed by atoms with Gasteiger partial charge in [0.2, 0.25) is 0 Å². The highest BCUT2D eigenvalue weighted by atomic mass is 35.5. The molecule has 1 aliphatic rings. The van der Waals surface area contributed by atoms with Crippen molar-refractivity contribution in [3.8, 4) is 0 Å². The molecular weight excluding hydrogens is 336 g/mol. The number of carbonyl (C=O) groups is 2. The van der Waals surface area contributed by atoms with Gasteiger partial charge in [0.05, 0.1) is 5.57 Å². The summed E-state index contributed by atoms with van der Waals surface area (Å²) in [5.74, 6) is -0.559. The number of hydrogen-bond donors (Lipinski definition) is 0. The Hall–Kier alpha value is -2.59. The smallest absolute Gasteiger partial charge is 0.278 e. The predicted molar refractivity (Wildman–Crippen MR) is 100 cm³/mol. The van der Waals surface area contributed by atoms with Gasteiger partial charge in [0.1, 0.15) is 5.70 Å². The standard InChI is InChI=1S/C20H19ClN2O2/c1-13(2)23-19(24)17(14-9-11-15(21)12-10-14)18(20(23)25)22(3)16-7-5-4-6-8-16/h4-13H,1-3H3. The first kappa shape index (κ1) is 17.2. The number of halogens is 1. The van der Waals surface area contributed by atoms with Gasteiger partial charge in [-0.05, 0) is 43.7 Å². The summed E-state index contributed by atoms with van der Waals surface area (Å²) in [5.41, 5.74) is 2.31. The van der Waals surface area contributed by atoms with Crippen molar-refractivity contribution in [2.75, 3.05) is 11.9 Å². The van der Waals surface area contributed by atoms with Crippen molar-refractivity contribution in [2.45, 2.75) is 19.9 Å². The van der Waals surface area contributed by atoms with Crippen LogP contribution in [0.2, 0.25) is 5.02 Å². The van der Waals surface area contributed by atoms with E-state index in [9.17, 15) is 9.59 Å². The summed E-state index contributed by atoms with van der Waals surface area (Å²) in [5, 5.41) is 0.583. The zero-order chi connectivity index (χ0) is 18.1. The van der Waals surface area contributed by atoms with Crippen LogP contribution in [0, 0.1) is 0 Å². The van der Waals surface area contributed by atoms with E-state index in [-0.39, 0.29) is 17.9 Å². The van der Waals surface area contributed by atoms with E-state index < -0.39 is 0 Å². The van der Waals surface area contributed by atoms with Gasteiger partial charge in [-0.3, -0.25) is 14.5 Å². The SMILES string of the molecule is CC(C)N1C(=O)C(c2ccc(Cl)cc2)=C(N(C)c2ccccc2)C1=O. The van der Waals surface area contributed by atoms with Crippen LogP contribution in [0.5, 0.6) is 0 Å². The summed E-state index contributed by atoms with van der Waals surface area (Å²) < 4.78 is 0. The summed E-state index contributed by atoms with van der Waals surface area (Å²) >= 11 is 5.97. The number of para-hydroxylation sites is 1. The van der Waals surface area contributed by atoms with Crippen LogP contribution in [0.3, 0.4) is 0 Å². The number of carbonyl (C=O) groups excluding carboxylic acids is 2.